The van der Waals surface area contributed by atoms with Crippen molar-refractivity contribution < 1.29 is 4.74 Å². The van der Waals surface area contributed by atoms with Crippen LogP contribution in [-0.2, 0) is 4.74 Å². The van der Waals surface area contributed by atoms with Crippen molar-refractivity contribution in [3.05, 3.63) is 19.8 Å². The van der Waals surface area contributed by atoms with E-state index in [1.54, 1.807) is 11.3 Å². The maximum atomic E-state index is 6.11. The van der Waals surface area contributed by atoms with Crippen molar-refractivity contribution in [3.63, 3.8) is 0 Å². The molecule has 1 saturated heterocycles. The normalized spacial score (nSPS) is 22.6. The molecule has 0 aliphatic carbocycles. The SMILES string of the molecule is CCNC(c1cc(Cl)c(Br)s1)C1CCCCO1. The minimum Gasteiger partial charge on any atom is -0.376 e. The van der Waals surface area contributed by atoms with Crippen molar-refractivity contribution in [1.29, 1.82) is 0 Å². The maximum Gasteiger partial charge on any atom is 0.0888 e. The fourth-order valence-electron chi connectivity index (χ4n) is 2.18. The van der Waals surface area contributed by atoms with Crippen LogP contribution in [-0.4, -0.2) is 19.3 Å². The molecular formula is C12H17BrClNOS. The minimum atomic E-state index is 0.272. The molecule has 2 unspecified atom stereocenters. The van der Waals surface area contributed by atoms with E-state index >= 15 is 0 Å². The Morgan fingerprint density at radius 2 is 2.47 bits per heavy atom. The van der Waals surface area contributed by atoms with Gasteiger partial charge in [0.15, 0.2) is 0 Å². The van der Waals surface area contributed by atoms with Gasteiger partial charge in [0.2, 0.25) is 0 Å². The van der Waals surface area contributed by atoms with Crippen LogP contribution in [0.5, 0.6) is 0 Å². The second kappa shape index (κ2) is 6.53. The Morgan fingerprint density at radius 3 is 3.00 bits per heavy atom. The van der Waals surface area contributed by atoms with Gasteiger partial charge in [-0.05, 0) is 47.8 Å². The number of hydrogen-bond acceptors (Lipinski definition) is 3. The van der Waals surface area contributed by atoms with Crippen molar-refractivity contribution in [1.82, 2.24) is 5.32 Å². The number of nitrogens with one attached hydrogen (secondary N) is 1. The van der Waals surface area contributed by atoms with E-state index in [2.05, 4.69) is 28.2 Å². The van der Waals surface area contributed by atoms with Gasteiger partial charge in [0.1, 0.15) is 0 Å². The van der Waals surface area contributed by atoms with Crippen molar-refractivity contribution in [3.8, 4) is 0 Å². The lowest BCUT2D eigenvalue weighted by Crippen LogP contribution is -2.35. The van der Waals surface area contributed by atoms with Crippen molar-refractivity contribution >= 4 is 38.9 Å². The standard InChI is InChI=1S/C12H17BrClNOS/c1-2-15-11(9-5-3-4-6-16-9)10-7-8(14)12(13)17-10/h7,9,11,15H,2-6H2,1H3. The maximum absolute atomic E-state index is 6.11. The van der Waals surface area contributed by atoms with Crippen molar-refractivity contribution in [2.75, 3.05) is 13.2 Å². The third-order valence-corrected chi connectivity index (χ3v) is 5.54. The van der Waals surface area contributed by atoms with Gasteiger partial charge in [0.05, 0.1) is 21.0 Å². The topological polar surface area (TPSA) is 21.3 Å². The zero-order valence-corrected chi connectivity index (χ0v) is 13.0. The molecule has 1 aliphatic heterocycles. The molecular weight excluding hydrogens is 322 g/mol. The van der Waals surface area contributed by atoms with E-state index < -0.39 is 0 Å². The van der Waals surface area contributed by atoms with Gasteiger partial charge in [0.25, 0.3) is 0 Å². The van der Waals surface area contributed by atoms with Crippen LogP contribution in [0.15, 0.2) is 9.85 Å². The molecule has 1 aromatic rings. The average molecular weight is 339 g/mol. The summed E-state index contributed by atoms with van der Waals surface area (Å²) in [6, 6.07) is 2.32. The molecule has 1 fully saturated rings. The molecule has 2 rings (SSSR count). The van der Waals surface area contributed by atoms with Gasteiger partial charge in [-0.1, -0.05) is 18.5 Å². The van der Waals surface area contributed by atoms with Gasteiger partial charge in [-0.2, -0.15) is 0 Å². The number of likely N-dealkylation sites (N-methyl/N-ethyl adjacent to an activating group) is 1. The van der Waals surface area contributed by atoms with E-state index in [0.29, 0.717) is 0 Å². The highest BCUT2D eigenvalue weighted by atomic mass is 79.9. The first-order valence-electron chi connectivity index (χ1n) is 6.02. The molecule has 2 nitrogen and oxygen atoms in total. The predicted octanol–water partition coefficient (Wildman–Crippen LogP) is 4.38. The van der Waals surface area contributed by atoms with Gasteiger partial charge in [0, 0.05) is 11.5 Å². The third-order valence-electron chi connectivity index (χ3n) is 2.98. The summed E-state index contributed by atoms with van der Waals surface area (Å²) < 4.78 is 6.89. The summed E-state index contributed by atoms with van der Waals surface area (Å²) in [6.45, 7) is 3.95. The summed E-state index contributed by atoms with van der Waals surface area (Å²) in [4.78, 5) is 1.26. The summed E-state index contributed by atoms with van der Waals surface area (Å²) in [5, 5.41) is 4.31. The Bertz CT molecular complexity index is 346. The lowest BCUT2D eigenvalue weighted by molar-refractivity contribution is -0.00711. The van der Waals surface area contributed by atoms with Gasteiger partial charge in [-0.15, -0.1) is 11.3 Å². The monoisotopic (exact) mass is 337 g/mol. The molecule has 0 bridgehead atoms. The molecule has 0 saturated carbocycles. The molecule has 2 heterocycles. The summed E-state index contributed by atoms with van der Waals surface area (Å²) in [6.07, 6.45) is 3.85. The second-order valence-corrected chi connectivity index (χ2v) is 7.02. The molecule has 1 N–H and O–H groups in total. The van der Waals surface area contributed by atoms with Crippen LogP contribution in [0.4, 0.5) is 0 Å². The van der Waals surface area contributed by atoms with E-state index in [4.69, 9.17) is 16.3 Å². The molecule has 1 aromatic heterocycles. The third kappa shape index (κ3) is 3.44. The molecule has 0 radical (unpaired) electrons. The highest BCUT2D eigenvalue weighted by Gasteiger charge is 2.27. The Hall–Kier alpha value is 0.390. The Kier molecular flexibility index (Phi) is 5.30. The van der Waals surface area contributed by atoms with Crippen molar-refractivity contribution in [2.45, 2.75) is 38.3 Å². The van der Waals surface area contributed by atoms with E-state index in [9.17, 15) is 0 Å². The molecule has 17 heavy (non-hydrogen) atoms. The predicted molar refractivity (Wildman–Crippen MR) is 77.0 cm³/mol. The molecule has 96 valence electrons. The Balaban J connectivity index is 2.15. The Labute approximate surface area is 120 Å². The first-order valence-corrected chi connectivity index (χ1v) is 8.00. The van der Waals surface area contributed by atoms with E-state index in [0.717, 1.165) is 28.4 Å². The molecule has 0 amide bonds. The second-order valence-electron chi connectivity index (χ2n) is 4.21. The van der Waals surface area contributed by atoms with E-state index in [-0.39, 0.29) is 12.1 Å². The highest BCUT2D eigenvalue weighted by molar-refractivity contribution is 9.11. The quantitative estimate of drug-likeness (QED) is 0.879. The summed E-state index contributed by atoms with van der Waals surface area (Å²) >= 11 is 11.3. The molecule has 1 aliphatic rings. The minimum absolute atomic E-state index is 0.272. The fourth-order valence-corrected chi connectivity index (χ4v) is 4.06. The number of thiophene rings is 1. The smallest absolute Gasteiger partial charge is 0.0888 e. The average Bonchev–Trinajstić information content (AvgIpc) is 2.67. The summed E-state index contributed by atoms with van der Waals surface area (Å²) in [5.74, 6) is 0. The first kappa shape index (κ1) is 13.8. The van der Waals surface area contributed by atoms with E-state index in [1.165, 1.54) is 17.7 Å². The summed E-state index contributed by atoms with van der Waals surface area (Å²) in [7, 11) is 0. The van der Waals surface area contributed by atoms with Gasteiger partial charge in [-0.25, -0.2) is 0 Å². The number of halogens is 2. The van der Waals surface area contributed by atoms with Crippen LogP contribution in [0.1, 0.15) is 37.1 Å². The molecule has 2 atom stereocenters. The van der Waals surface area contributed by atoms with Crippen molar-refractivity contribution in [2.24, 2.45) is 0 Å². The number of rotatable bonds is 4. The van der Waals surface area contributed by atoms with Gasteiger partial charge >= 0.3 is 0 Å². The largest absolute Gasteiger partial charge is 0.376 e. The highest BCUT2D eigenvalue weighted by Crippen LogP contribution is 2.38. The molecule has 5 heteroatoms. The summed E-state index contributed by atoms with van der Waals surface area (Å²) in [5.41, 5.74) is 0. The number of ether oxygens (including phenoxy) is 1. The number of hydrogen-bond donors (Lipinski definition) is 1. The molecule has 0 spiro atoms. The Morgan fingerprint density at radius 1 is 1.65 bits per heavy atom. The van der Waals surface area contributed by atoms with Crippen LogP contribution in [0.2, 0.25) is 5.02 Å². The van der Waals surface area contributed by atoms with Gasteiger partial charge < -0.3 is 10.1 Å². The van der Waals surface area contributed by atoms with Crippen LogP contribution in [0.25, 0.3) is 0 Å². The van der Waals surface area contributed by atoms with Crippen LogP contribution in [0, 0.1) is 0 Å². The van der Waals surface area contributed by atoms with E-state index in [1.807, 2.05) is 6.07 Å². The zero-order valence-electron chi connectivity index (χ0n) is 9.84. The molecule has 0 aromatic carbocycles. The van der Waals surface area contributed by atoms with Crippen LogP contribution in [0.3, 0.4) is 0 Å². The lowest BCUT2D eigenvalue weighted by Gasteiger charge is -2.30. The first-order chi connectivity index (χ1) is 8.22. The zero-order chi connectivity index (χ0) is 12.3. The lowest BCUT2D eigenvalue weighted by atomic mass is 10.0. The van der Waals surface area contributed by atoms with Crippen LogP contribution < -0.4 is 5.32 Å². The fraction of sp³-hybridized carbons (Fsp3) is 0.667. The van der Waals surface area contributed by atoms with Crippen LogP contribution >= 0.6 is 38.9 Å². The van der Waals surface area contributed by atoms with Gasteiger partial charge in [-0.3, -0.25) is 0 Å².